The predicted octanol–water partition coefficient (Wildman–Crippen LogP) is 4.77. The lowest BCUT2D eigenvalue weighted by Crippen LogP contribution is -2.00. The Bertz CT molecular complexity index is 668. The van der Waals surface area contributed by atoms with Crippen molar-refractivity contribution in [3.05, 3.63) is 55.1 Å². The molecule has 104 valence electrons. The normalized spacial score (nSPS) is 10.4. The fraction of sp³-hybridized carbons (Fsp3) is 0.154. The van der Waals surface area contributed by atoms with Crippen molar-refractivity contribution in [2.24, 2.45) is 0 Å². The molecule has 0 fully saturated rings. The minimum Gasteiger partial charge on any atom is -0.334 e. The molecular formula is C13H11BrClN3O2. The molecule has 0 aliphatic heterocycles. The number of aryl methyl sites for hydroxylation is 2. The molecule has 2 aromatic rings. The number of rotatable bonds is 3. The van der Waals surface area contributed by atoms with Crippen molar-refractivity contribution in [3.63, 3.8) is 0 Å². The van der Waals surface area contributed by atoms with Crippen molar-refractivity contribution in [2.45, 2.75) is 13.8 Å². The molecule has 0 saturated heterocycles. The van der Waals surface area contributed by atoms with Gasteiger partial charge < -0.3 is 5.32 Å². The molecule has 1 N–H and O–H groups in total. The minimum absolute atomic E-state index is 0.118. The standard InChI is InChI=1S/C13H11BrClN3O2/c1-7-5-9(6-8(2)12(7)14)16-13-10(18(19)20)3-4-11(15)17-13/h3-6H,1-2H3,(H,16,17). The number of hydrogen-bond donors (Lipinski definition) is 1. The number of nitrogens with one attached hydrogen (secondary N) is 1. The second kappa shape index (κ2) is 5.76. The summed E-state index contributed by atoms with van der Waals surface area (Å²) in [6, 6.07) is 6.48. The molecule has 5 nitrogen and oxygen atoms in total. The van der Waals surface area contributed by atoms with Gasteiger partial charge in [-0.15, -0.1) is 0 Å². The Balaban J connectivity index is 2.44. The maximum Gasteiger partial charge on any atom is 0.311 e. The zero-order valence-electron chi connectivity index (χ0n) is 10.8. The van der Waals surface area contributed by atoms with E-state index in [9.17, 15) is 10.1 Å². The van der Waals surface area contributed by atoms with Crippen LogP contribution in [0.5, 0.6) is 0 Å². The molecule has 0 spiro atoms. The Hall–Kier alpha value is -1.66. The van der Waals surface area contributed by atoms with Gasteiger partial charge in [-0.2, -0.15) is 0 Å². The van der Waals surface area contributed by atoms with Crippen molar-refractivity contribution in [1.82, 2.24) is 4.98 Å². The first kappa shape index (κ1) is 14.7. The van der Waals surface area contributed by atoms with Gasteiger partial charge in [0.15, 0.2) is 0 Å². The molecule has 1 aromatic heterocycles. The third kappa shape index (κ3) is 3.08. The zero-order valence-corrected chi connectivity index (χ0v) is 13.1. The average molecular weight is 357 g/mol. The molecule has 0 atom stereocenters. The van der Waals surface area contributed by atoms with Crippen LogP contribution in [0.4, 0.5) is 17.2 Å². The van der Waals surface area contributed by atoms with E-state index in [1.165, 1.54) is 12.1 Å². The van der Waals surface area contributed by atoms with Crippen molar-refractivity contribution >= 4 is 44.7 Å². The molecule has 0 radical (unpaired) electrons. The van der Waals surface area contributed by atoms with Crippen molar-refractivity contribution in [2.75, 3.05) is 5.32 Å². The fourth-order valence-corrected chi connectivity index (χ4v) is 2.20. The Labute approximate surface area is 129 Å². The Morgan fingerprint density at radius 1 is 1.30 bits per heavy atom. The summed E-state index contributed by atoms with van der Waals surface area (Å²) in [6.07, 6.45) is 0. The van der Waals surface area contributed by atoms with Gasteiger partial charge in [0.2, 0.25) is 5.82 Å². The molecule has 1 aromatic carbocycles. The molecule has 0 amide bonds. The smallest absolute Gasteiger partial charge is 0.311 e. The largest absolute Gasteiger partial charge is 0.334 e. The number of aromatic nitrogens is 1. The van der Waals surface area contributed by atoms with Gasteiger partial charge in [-0.05, 0) is 43.2 Å². The average Bonchev–Trinajstić information content (AvgIpc) is 2.35. The SMILES string of the molecule is Cc1cc(Nc2nc(Cl)ccc2[N+](=O)[O-])cc(C)c1Br. The topological polar surface area (TPSA) is 68.1 Å². The van der Waals surface area contributed by atoms with Crippen LogP contribution in [0.1, 0.15) is 11.1 Å². The van der Waals surface area contributed by atoms with Crippen LogP contribution in [-0.2, 0) is 0 Å². The molecule has 20 heavy (non-hydrogen) atoms. The van der Waals surface area contributed by atoms with Crippen LogP contribution in [0.25, 0.3) is 0 Å². The molecule has 0 saturated carbocycles. The summed E-state index contributed by atoms with van der Waals surface area (Å²) < 4.78 is 1.01. The van der Waals surface area contributed by atoms with E-state index >= 15 is 0 Å². The first-order valence-corrected chi connectivity index (χ1v) is 6.90. The van der Waals surface area contributed by atoms with E-state index in [2.05, 4.69) is 26.2 Å². The van der Waals surface area contributed by atoms with Gasteiger partial charge in [0.1, 0.15) is 5.15 Å². The molecule has 0 aliphatic carbocycles. The Morgan fingerprint density at radius 3 is 2.45 bits per heavy atom. The highest BCUT2D eigenvalue weighted by molar-refractivity contribution is 9.10. The summed E-state index contributed by atoms with van der Waals surface area (Å²) in [4.78, 5) is 14.5. The van der Waals surface area contributed by atoms with Crippen LogP contribution in [0, 0.1) is 24.0 Å². The van der Waals surface area contributed by atoms with Gasteiger partial charge in [-0.25, -0.2) is 4.98 Å². The predicted molar refractivity (Wildman–Crippen MR) is 82.8 cm³/mol. The summed E-state index contributed by atoms with van der Waals surface area (Å²) in [5.74, 6) is 0.128. The Morgan fingerprint density at radius 2 is 1.90 bits per heavy atom. The number of nitrogens with zero attached hydrogens (tertiary/aromatic N) is 2. The third-order valence-electron chi connectivity index (χ3n) is 2.74. The van der Waals surface area contributed by atoms with Gasteiger partial charge in [-0.1, -0.05) is 27.5 Å². The van der Waals surface area contributed by atoms with Crippen LogP contribution < -0.4 is 5.32 Å². The van der Waals surface area contributed by atoms with Gasteiger partial charge in [0, 0.05) is 16.2 Å². The van der Waals surface area contributed by atoms with E-state index in [0.29, 0.717) is 0 Å². The zero-order chi connectivity index (χ0) is 14.9. The molecule has 1 heterocycles. The number of halogens is 2. The van der Waals surface area contributed by atoms with Crippen molar-refractivity contribution in [3.8, 4) is 0 Å². The molecule has 2 rings (SSSR count). The highest BCUT2D eigenvalue weighted by atomic mass is 79.9. The summed E-state index contributed by atoms with van der Waals surface area (Å²) in [7, 11) is 0. The molecule has 7 heteroatoms. The van der Waals surface area contributed by atoms with E-state index in [1.807, 2.05) is 26.0 Å². The fourth-order valence-electron chi connectivity index (χ4n) is 1.82. The highest BCUT2D eigenvalue weighted by Gasteiger charge is 2.16. The van der Waals surface area contributed by atoms with Crippen LogP contribution >= 0.6 is 27.5 Å². The number of pyridine rings is 1. The first-order chi connectivity index (χ1) is 9.38. The van der Waals surface area contributed by atoms with E-state index in [1.54, 1.807) is 0 Å². The monoisotopic (exact) mass is 355 g/mol. The summed E-state index contributed by atoms with van der Waals surface area (Å²) in [5.41, 5.74) is 2.66. The van der Waals surface area contributed by atoms with Gasteiger partial charge >= 0.3 is 5.69 Å². The minimum atomic E-state index is -0.496. The lowest BCUT2D eigenvalue weighted by Gasteiger charge is -2.10. The summed E-state index contributed by atoms with van der Waals surface area (Å²) in [6.45, 7) is 3.89. The molecule has 0 bridgehead atoms. The van der Waals surface area contributed by atoms with Crippen molar-refractivity contribution < 1.29 is 4.92 Å². The number of nitro groups is 1. The summed E-state index contributed by atoms with van der Waals surface area (Å²) >= 11 is 9.27. The maximum atomic E-state index is 11.0. The molecule has 0 unspecified atom stereocenters. The Kier molecular flexibility index (Phi) is 4.25. The second-order valence-corrected chi connectivity index (χ2v) is 5.49. The molecular weight excluding hydrogens is 346 g/mol. The first-order valence-electron chi connectivity index (χ1n) is 5.73. The van der Waals surface area contributed by atoms with Gasteiger partial charge in [0.25, 0.3) is 0 Å². The second-order valence-electron chi connectivity index (χ2n) is 4.31. The highest BCUT2D eigenvalue weighted by Crippen LogP contribution is 2.30. The molecule has 0 aliphatic rings. The quantitative estimate of drug-likeness (QED) is 0.489. The van der Waals surface area contributed by atoms with Crippen LogP contribution in [0.2, 0.25) is 5.15 Å². The number of hydrogen-bond acceptors (Lipinski definition) is 4. The van der Waals surface area contributed by atoms with Crippen LogP contribution in [-0.4, -0.2) is 9.91 Å². The van der Waals surface area contributed by atoms with E-state index in [0.717, 1.165) is 21.3 Å². The lowest BCUT2D eigenvalue weighted by atomic mass is 10.1. The van der Waals surface area contributed by atoms with Crippen molar-refractivity contribution in [1.29, 1.82) is 0 Å². The maximum absolute atomic E-state index is 11.0. The van der Waals surface area contributed by atoms with Gasteiger partial charge in [0.05, 0.1) is 4.92 Å². The van der Waals surface area contributed by atoms with Gasteiger partial charge in [-0.3, -0.25) is 10.1 Å². The van der Waals surface area contributed by atoms with Crippen LogP contribution in [0.15, 0.2) is 28.7 Å². The van der Waals surface area contributed by atoms with E-state index in [4.69, 9.17) is 11.6 Å². The third-order valence-corrected chi connectivity index (χ3v) is 4.20. The van der Waals surface area contributed by atoms with E-state index < -0.39 is 4.92 Å². The lowest BCUT2D eigenvalue weighted by molar-refractivity contribution is -0.384. The van der Waals surface area contributed by atoms with E-state index in [-0.39, 0.29) is 16.7 Å². The number of benzene rings is 1. The van der Waals surface area contributed by atoms with Crippen LogP contribution in [0.3, 0.4) is 0 Å². The number of anilines is 2. The summed E-state index contributed by atoms with van der Waals surface area (Å²) in [5, 5.41) is 14.1.